The summed E-state index contributed by atoms with van der Waals surface area (Å²) in [5.41, 5.74) is 0. The fourth-order valence-corrected chi connectivity index (χ4v) is 6.24. The van der Waals surface area contributed by atoms with Crippen molar-refractivity contribution in [2.45, 2.75) is 219 Å². The molecule has 0 N–H and O–H groups in total. The van der Waals surface area contributed by atoms with Crippen LogP contribution in [0.4, 0.5) is 0 Å². The van der Waals surface area contributed by atoms with E-state index in [0.29, 0.717) is 19.3 Å². The Morgan fingerprint density at radius 3 is 1.08 bits per heavy atom. The van der Waals surface area contributed by atoms with Crippen molar-refractivity contribution in [1.82, 2.24) is 0 Å². The van der Waals surface area contributed by atoms with Crippen LogP contribution in [0.1, 0.15) is 213 Å². The van der Waals surface area contributed by atoms with Gasteiger partial charge in [0.2, 0.25) is 0 Å². The highest BCUT2D eigenvalue weighted by atomic mass is 16.6. The van der Waals surface area contributed by atoms with E-state index in [1.54, 1.807) is 0 Å². The van der Waals surface area contributed by atoms with Gasteiger partial charge in [-0.3, -0.25) is 14.4 Å². The number of hydrogen-bond donors (Lipinski definition) is 0. The molecular formula is C55H90O6. The number of carbonyl (C=O) groups is 3. The molecule has 0 radical (unpaired) electrons. The molecule has 0 saturated carbocycles. The Hall–Kier alpha value is -3.67. The van der Waals surface area contributed by atoms with E-state index in [0.717, 1.165) is 83.5 Å². The molecule has 0 saturated heterocycles. The van der Waals surface area contributed by atoms with Gasteiger partial charge in [0.05, 0.1) is 0 Å². The highest BCUT2D eigenvalue weighted by molar-refractivity contribution is 5.71. The maximum Gasteiger partial charge on any atom is 0.306 e. The summed E-state index contributed by atoms with van der Waals surface area (Å²) in [4.78, 5) is 37.8. The van der Waals surface area contributed by atoms with E-state index < -0.39 is 6.10 Å². The van der Waals surface area contributed by atoms with Crippen LogP contribution in [0, 0.1) is 0 Å². The van der Waals surface area contributed by atoms with Gasteiger partial charge in [0.25, 0.3) is 0 Å². The van der Waals surface area contributed by atoms with E-state index >= 15 is 0 Å². The fourth-order valence-electron chi connectivity index (χ4n) is 6.24. The largest absolute Gasteiger partial charge is 0.462 e. The van der Waals surface area contributed by atoms with Gasteiger partial charge >= 0.3 is 17.9 Å². The molecule has 0 aliphatic carbocycles. The highest BCUT2D eigenvalue weighted by Crippen LogP contribution is 2.11. The lowest BCUT2D eigenvalue weighted by Gasteiger charge is -2.18. The number of ether oxygens (including phenoxy) is 3. The first-order valence-corrected chi connectivity index (χ1v) is 24.7. The Morgan fingerprint density at radius 2 is 0.623 bits per heavy atom. The fraction of sp³-hybridized carbons (Fsp3) is 0.655. The van der Waals surface area contributed by atoms with Gasteiger partial charge in [0.15, 0.2) is 6.10 Å². The van der Waals surface area contributed by atoms with E-state index in [4.69, 9.17) is 14.2 Å². The Labute approximate surface area is 375 Å². The first-order valence-electron chi connectivity index (χ1n) is 24.7. The summed E-state index contributed by atoms with van der Waals surface area (Å²) in [6.07, 6.45) is 63.9. The van der Waals surface area contributed by atoms with Crippen LogP contribution in [0.3, 0.4) is 0 Å². The molecule has 0 aromatic carbocycles. The molecule has 6 nitrogen and oxygen atoms in total. The summed E-state index contributed by atoms with van der Waals surface area (Å²) in [6, 6.07) is 0. The van der Waals surface area contributed by atoms with Crippen molar-refractivity contribution in [3.63, 3.8) is 0 Å². The predicted molar refractivity (Wildman–Crippen MR) is 260 cm³/mol. The van der Waals surface area contributed by atoms with Gasteiger partial charge in [-0.15, -0.1) is 0 Å². The highest BCUT2D eigenvalue weighted by Gasteiger charge is 2.19. The Bertz CT molecular complexity index is 1250. The third-order valence-corrected chi connectivity index (χ3v) is 10.0. The zero-order valence-corrected chi connectivity index (χ0v) is 39.4. The van der Waals surface area contributed by atoms with Crippen molar-refractivity contribution in [2.75, 3.05) is 13.2 Å². The standard InChI is InChI=1S/C55H90O6/c1-4-7-10-13-16-19-22-24-26-27-29-30-33-36-39-42-45-48-54(57)60-51-52(50-59-53(56)47-44-41-38-35-32-21-18-15-12-9-6-3)61-55(58)49-46-43-40-37-34-31-28-25-23-20-17-14-11-8-5-2/h15-20,24-26,28-30,34,36-37,39,52H,4-14,21-23,27,31-33,35,38,40-51H2,1-3H3/b18-15-,19-16-,20-17-,26-24-,28-25-,30-29-,37-34-,39-36-/t52-/m1/s1. The summed E-state index contributed by atoms with van der Waals surface area (Å²) in [7, 11) is 0. The van der Waals surface area contributed by atoms with E-state index in [1.807, 2.05) is 0 Å². The zero-order chi connectivity index (χ0) is 44.4. The summed E-state index contributed by atoms with van der Waals surface area (Å²) in [5, 5.41) is 0. The molecule has 6 heteroatoms. The minimum atomic E-state index is -0.822. The average Bonchev–Trinajstić information content (AvgIpc) is 3.26. The second-order valence-corrected chi connectivity index (χ2v) is 16.0. The molecule has 0 fully saturated rings. The summed E-state index contributed by atoms with van der Waals surface area (Å²) < 4.78 is 16.7. The van der Waals surface area contributed by atoms with E-state index in [9.17, 15) is 14.4 Å². The van der Waals surface area contributed by atoms with Gasteiger partial charge in [-0.25, -0.2) is 0 Å². The quantitative estimate of drug-likeness (QED) is 0.0263. The van der Waals surface area contributed by atoms with Crippen molar-refractivity contribution >= 4 is 17.9 Å². The van der Waals surface area contributed by atoms with E-state index in [2.05, 4.69) is 118 Å². The lowest BCUT2D eigenvalue weighted by Crippen LogP contribution is -2.30. The Balaban J connectivity index is 4.55. The number of esters is 3. The van der Waals surface area contributed by atoms with Gasteiger partial charge in [-0.05, 0) is 116 Å². The molecule has 0 rings (SSSR count). The Morgan fingerprint density at radius 1 is 0.328 bits per heavy atom. The topological polar surface area (TPSA) is 78.9 Å². The van der Waals surface area contributed by atoms with Crippen LogP contribution < -0.4 is 0 Å². The van der Waals surface area contributed by atoms with Crippen LogP contribution >= 0.6 is 0 Å². The van der Waals surface area contributed by atoms with Crippen molar-refractivity contribution in [1.29, 1.82) is 0 Å². The smallest absolute Gasteiger partial charge is 0.306 e. The monoisotopic (exact) mass is 847 g/mol. The third kappa shape index (κ3) is 47.2. The normalized spacial score (nSPS) is 12.9. The molecule has 0 aliphatic heterocycles. The number of hydrogen-bond acceptors (Lipinski definition) is 6. The maximum atomic E-state index is 12.7. The summed E-state index contributed by atoms with van der Waals surface area (Å²) in [5.74, 6) is -1.03. The van der Waals surface area contributed by atoms with Crippen molar-refractivity contribution < 1.29 is 28.6 Å². The lowest BCUT2D eigenvalue weighted by molar-refractivity contribution is -0.167. The van der Waals surface area contributed by atoms with Gasteiger partial charge in [0.1, 0.15) is 13.2 Å². The van der Waals surface area contributed by atoms with E-state index in [1.165, 1.54) is 77.0 Å². The molecular weight excluding hydrogens is 757 g/mol. The molecule has 0 unspecified atom stereocenters. The van der Waals surface area contributed by atoms with Gasteiger partial charge < -0.3 is 14.2 Å². The molecule has 0 bridgehead atoms. The molecule has 1 atom stereocenters. The van der Waals surface area contributed by atoms with Crippen LogP contribution in [0.2, 0.25) is 0 Å². The zero-order valence-electron chi connectivity index (χ0n) is 39.4. The van der Waals surface area contributed by atoms with Crippen LogP contribution in [0.25, 0.3) is 0 Å². The van der Waals surface area contributed by atoms with Gasteiger partial charge in [-0.1, -0.05) is 176 Å². The van der Waals surface area contributed by atoms with Gasteiger partial charge in [-0.2, -0.15) is 0 Å². The van der Waals surface area contributed by atoms with Crippen molar-refractivity contribution in [2.24, 2.45) is 0 Å². The van der Waals surface area contributed by atoms with E-state index in [-0.39, 0.29) is 44.0 Å². The minimum absolute atomic E-state index is 0.116. The molecule has 0 aliphatic rings. The van der Waals surface area contributed by atoms with Crippen LogP contribution in [0.5, 0.6) is 0 Å². The van der Waals surface area contributed by atoms with Crippen molar-refractivity contribution in [3.8, 4) is 0 Å². The molecule has 346 valence electrons. The minimum Gasteiger partial charge on any atom is -0.462 e. The SMILES string of the molecule is CCCC/C=C\CCCCCCCC(=O)OC[C@H](COC(=O)CCC/C=C\C/C=C\C/C=C\C/C=C\CCCCC)OC(=O)CCCC/C=C\C/C=C\C/C=C\CCCCC. The molecule has 0 spiro atoms. The molecule has 0 amide bonds. The number of allylic oxidation sites excluding steroid dienone is 16. The number of rotatable bonds is 43. The molecule has 0 aromatic rings. The Kier molecular flexibility index (Phi) is 46.0. The third-order valence-electron chi connectivity index (χ3n) is 10.0. The predicted octanol–water partition coefficient (Wildman–Crippen LogP) is 16.2. The second-order valence-electron chi connectivity index (χ2n) is 16.0. The maximum absolute atomic E-state index is 12.7. The van der Waals surface area contributed by atoms with Crippen LogP contribution in [-0.2, 0) is 28.6 Å². The van der Waals surface area contributed by atoms with Crippen LogP contribution in [-0.4, -0.2) is 37.2 Å². The van der Waals surface area contributed by atoms with Gasteiger partial charge in [0, 0.05) is 19.3 Å². The number of carbonyl (C=O) groups excluding carboxylic acids is 3. The van der Waals surface area contributed by atoms with Crippen molar-refractivity contribution in [3.05, 3.63) is 97.2 Å². The number of unbranched alkanes of at least 4 members (excludes halogenated alkanes) is 16. The first-order chi connectivity index (χ1) is 30.0. The van der Waals surface area contributed by atoms with Crippen LogP contribution in [0.15, 0.2) is 97.2 Å². The first kappa shape index (κ1) is 57.3. The summed E-state index contributed by atoms with van der Waals surface area (Å²) >= 11 is 0. The molecule has 61 heavy (non-hydrogen) atoms. The second kappa shape index (κ2) is 49.0. The lowest BCUT2D eigenvalue weighted by atomic mass is 10.1. The summed E-state index contributed by atoms with van der Waals surface area (Å²) in [6.45, 7) is 6.43. The average molecular weight is 847 g/mol. The molecule has 0 aromatic heterocycles. The molecule has 0 heterocycles.